The van der Waals surface area contributed by atoms with E-state index < -0.39 is 5.97 Å². The fourth-order valence-corrected chi connectivity index (χ4v) is 1.92. The number of aliphatic hydroxyl groups is 1. The van der Waals surface area contributed by atoms with Crippen molar-refractivity contribution in [2.75, 3.05) is 18.5 Å². The van der Waals surface area contributed by atoms with Gasteiger partial charge in [0, 0.05) is 5.54 Å². The topological polar surface area (TPSA) is 98.7 Å². The van der Waals surface area contributed by atoms with E-state index in [0.717, 1.165) is 12.8 Å². The number of hydrogen-bond acceptors (Lipinski definition) is 4. The van der Waals surface area contributed by atoms with Crippen molar-refractivity contribution in [1.82, 2.24) is 5.32 Å². The second kappa shape index (κ2) is 5.78. The molecule has 0 spiro atoms. The third-order valence-corrected chi connectivity index (χ3v) is 3.60. The van der Waals surface area contributed by atoms with Crippen LogP contribution >= 0.6 is 11.6 Å². The van der Waals surface area contributed by atoms with E-state index in [2.05, 4.69) is 10.6 Å². The van der Waals surface area contributed by atoms with Crippen molar-refractivity contribution in [3.05, 3.63) is 28.8 Å². The zero-order valence-electron chi connectivity index (χ0n) is 10.6. The SMILES string of the molecule is O=C(CNC1(CO)CC1)Nc1cc(C(=O)O)ccc1Cl. The second-order valence-electron chi connectivity index (χ2n) is 4.84. The number of aliphatic hydroxyl groups excluding tert-OH is 1. The average Bonchev–Trinajstić information content (AvgIpc) is 3.19. The van der Waals surface area contributed by atoms with Gasteiger partial charge in [-0.05, 0) is 31.0 Å². The van der Waals surface area contributed by atoms with Crippen LogP contribution in [-0.4, -0.2) is 40.8 Å². The molecule has 1 amide bonds. The van der Waals surface area contributed by atoms with Gasteiger partial charge >= 0.3 is 5.97 Å². The number of carboxylic acids is 1. The number of nitrogens with one attached hydrogen (secondary N) is 2. The summed E-state index contributed by atoms with van der Waals surface area (Å²) in [5, 5.41) is 23.8. The van der Waals surface area contributed by atoms with Crippen molar-refractivity contribution in [3.63, 3.8) is 0 Å². The van der Waals surface area contributed by atoms with Gasteiger partial charge in [0.15, 0.2) is 0 Å². The van der Waals surface area contributed by atoms with E-state index in [0.29, 0.717) is 0 Å². The molecule has 0 aromatic heterocycles. The highest BCUT2D eigenvalue weighted by atomic mass is 35.5. The number of amides is 1. The number of aromatic carboxylic acids is 1. The lowest BCUT2D eigenvalue weighted by Crippen LogP contribution is -2.40. The van der Waals surface area contributed by atoms with Crippen LogP contribution in [0.2, 0.25) is 5.02 Å². The molecule has 20 heavy (non-hydrogen) atoms. The third kappa shape index (κ3) is 3.47. The molecule has 0 bridgehead atoms. The first-order chi connectivity index (χ1) is 9.46. The summed E-state index contributed by atoms with van der Waals surface area (Å²) in [6.45, 7) is 0.0315. The van der Waals surface area contributed by atoms with Crippen LogP contribution in [0.3, 0.4) is 0 Å². The van der Waals surface area contributed by atoms with E-state index in [1.54, 1.807) is 0 Å². The molecule has 0 radical (unpaired) electrons. The minimum Gasteiger partial charge on any atom is -0.478 e. The first-order valence-corrected chi connectivity index (χ1v) is 6.52. The molecule has 2 rings (SSSR count). The third-order valence-electron chi connectivity index (χ3n) is 3.27. The Kier molecular flexibility index (Phi) is 4.27. The van der Waals surface area contributed by atoms with E-state index in [9.17, 15) is 9.59 Å². The zero-order valence-corrected chi connectivity index (χ0v) is 11.4. The highest BCUT2D eigenvalue weighted by Gasteiger charge is 2.41. The monoisotopic (exact) mass is 298 g/mol. The molecule has 0 unspecified atom stereocenters. The van der Waals surface area contributed by atoms with Crippen molar-refractivity contribution < 1.29 is 19.8 Å². The van der Waals surface area contributed by atoms with Crippen molar-refractivity contribution >= 4 is 29.2 Å². The molecule has 1 aliphatic carbocycles. The molecule has 7 heteroatoms. The van der Waals surface area contributed by atoms with Gasteiger partial charge in [-0.3, -0.25) is 4.79 Å². The maximum atomic E-state index is 11.8. The molecule has 0 aliphatic heterocycles. The molecule has 4 N–H and O–H groups in total. The number of halogens is 1. The summed E-state index contributed by atoms with van der Waals surface area (Å²) in [5.41, 5.74) is -0.0248. The number of anilines is 1. The maximum absolute atomic E-state index is 11.8. The van der Waals surface area contributed by atoms with Crippen LogP contribution in [0, 0.1) is 0 Å². The van der Waals surface area contributed by atoms with Crippen LogP contribution in [0.25, 0.3) is 0 Å². The van der Waals surface area contributed by atoms with Crippen LogP contribution in [0.1, 0.15) is 23.2 Å². The number of carboxylic acid groups (broad SMARTS) is 1. The first kappa shape index (κ1) is 14.8. The summed E-state index contributed by atoms with van der Waals surface area (Å²) in [6, 6.07) is 4.09. The Labute approximate surface area is 120 Å². The average molecular weight is 299 g/mol. The Balaban J connectivity index is 1.96. The Morgan fingerprint density at radius 2 is 2.05 bits per heavy atom. The van der Waals surface area contributed by atoms with Crippen molar-refractivity contribution in [2.45, 2.75) is 18.4 Å². The summed E-state index contributed by atoms with van der Waals surface area (Å²) in [7, 11) is 0. The highest BCUT2D eigenvalue weighted by molar-refractivity contribution is 6.33. The quantitative estimate of drug-likeness (QED) is 0.630. The molecule has 6 nitrogen and oxygen atoms in total. The van der Waals surface area contributed by atoms with Crippen LogP contribution in [0.5, 0.6) is 0 Å². The van der Waals surface area contributed by atoms with E-state index in [1.165, 1.54) is 18.2 Å². The Morgan fingerprint density at radius 1 is 1.35 bits per heavy atom. The molecule has 1 fully saturated rings. The lowest BCUT2D eigenvalue weighted by molar-refractivity contribution is -0.115. The fourth-order valence-electron chi connectivity index (χ4n) is 1.76. The fraction of sp³-hybridized carbons (Fsp3) is 0.385. The number of carbonyl (C=O) groups excluding carboxylic acids is 1. The largest absolute Gasteiger partial charge is 0.478 e. The van der Waals surface area contributed by atoms with Gasteiger partial charge in [-0.2, -0.15) is 0 Å². The lowest BCUT2D eigenvalue weighted by Gasteiger charge is -2.14. The van der Waals surface area contributed by atoms with Crippen LogP contribution in [0.15, 0.2) is 18.2 Å². The zero-order chi connectivity index (χ0) is 14.8. The molecule has 0 heterocycles. The predicted octanol–water partition coefficient (Wildman–Crippen LogP) is 1.09. The molecule has 1 saturated carbocycles. The Morgan fingerprint density at radius 3 is 2.60 bits per heavy atom. The smallest absolute Gasteiger partial charge is 0.335 e. The normalized spacial score (nSPS) is 15.7. The van der Waals surface area contributed by atoms with Crippen LogP contribution < -0.4 is 10.6 Å². The standard InChI is InChI=1S/C13H15ClN2O4/c14-9-2-1-8(12(19)20)5-10(9)16-11(18)6-15-13(7-17)3-4-13/h1-2,5,15,17H,3-4,6-7H2,(H,16,18)(H,19,20). The van der Waals surface area contributed by atoms with Crippen LogP contribution in [-0.2, 0) is 4.79 Å². The molecule has 108 valence electrons. The number of carbonyl (C=O) groups is 2. The van der Waals surface area contributed by atoms with Crippen molar-refractivity contribution in [2.24, 2.45) is 0 Å². The highest BCUT2D eigenvalue weighted by Crippen LogP contribution is 2.34. The molecule has 1 aliphatic rings. The molecular weight excluding hydrogens is 284 g/mol. The predicted molar refractivity (Wildman–Crippen MR) is 74.1 cm³/mol. The Bertz CT molecular complexity index is 543. The minimum absolute atomic E-state index is 0.00443. The van der Waals surface area contributed by atoms with E-state index in [1.807, 2.05) is 0 Å². The summed E-state index contributed by atoms with van der Waals surface area (Å²) in [4.78, 5) is 22.6. The van der Waals surface area contributed by atoms with Gasteiger partial charge in [-0.1, -0.05) is 11.6 Å². The molecule has 1 aromatic carbocycles. The molecule has 0 atom stereocenters. The molecule has 1 aromatic rings. The summed E-state index contributed by atoms with van der Waals surface area (Å²) < 4.78 is 0. The summed E-state index contributed by atoms with van der Waals surface area (Å²) in [6.07, 6.45) is 1.68. The number of rotatable bonds is 6. The lowest BCUT2D eigenvalue weighted by atomic mass is 10.2. The van der Waals surface area contributed by atoms with Gasteiger partial charge in [0.25, 0.3) is 0 Å². The molecular formula is C13H15ClN2O4. The van der Waals surface area contributed by atoms with Crippen LogP contribution in [0.4, 0.5) is 5.69 Å². The van der Waals surface area contributed by atoms with Crippen molar-refractivity contribution in [1.29, 1.82) is 0 Å². The molecule has 0 saturated heterocycles. The van der Waals surface area contributed by atoms with Gasteiger partial charge in [0.2, 0.25) is 5.91 Å². The van der Waals surface area contributed by atoms with E-state index in [-0.39, 0.29) is 40.9 Å². The van der Waals surface area contributed by atoms with Crippen molar-refractivity contribution in [3.8, 4) is 0 Å². The summed E-state index contributed by atoms with van der Waals surface area (Å²) >= 11 is 5.91. The van der Waals surface area contributed by atoms with E-state index in [4.69, 9.17) is 21.8 Å². The minimum atomic E-state index is -1.09. The van der Waals surface area contributed by atoms with Gasteiger partial charge in [0.05, 0.1) is 29.4 Å². The summed E-state index contributed by atoms with van der Waals surface area (Å²) in [5.74, 6) is -1.43. The van der Waals surface area contributed by atoms with E-state index >= 15 is 0 Å². The van der Waals surface area contributed by atoms with Gasteiger partial charge in [0.1, 0.15) is 0 Å². The first-order valence-electron chi connectivity index (χ1n) is 6.14. The van der Waals surface area contributed by atoms with Gasteiger partial charge in [-0.15, -0.1) is 0 Å². The van der Waals surface area contributed by atoms with Gasteiger partial charge in [-0.25, -0.2) is 4.79 Å². The Hall–Kier alpha value is -1.63. The second-order valence-corrected chi connectivity index (χ2v) is 5.25. The number of benzene rings is 1. The maximum Gasteiger partial charge on any atom is 0.335 e. The number of hydrogen-bond donors (Lipinski definition) is 4. The van der Waals surface area contributed by atoms with Gasteiger partial charge < -0.3 is 20.8 Å².